The minimum absolute atomic E-state index is 0.206. The number of aliphatic hydroxyl groups is 1. The molecule has 0 saturated carbocycles. The molecule has 1 nitrogen and oxygen atoms in total. The van der Waals surface area contributed by atoms with Crippen LogP contribution in [0.4, 0.5) is 13.2 Å². The zero-order valence-corrected chi connectivity index (χ0v) is 8.51. The Morgan fingerprint density at radius 3 is 2.50 bits per heavy atom. The summed E-state index contributed by atoms with van der Waals surface area (Å²) in [5.74, 6) is -4.09. The molecule has 1 aliphatic carbocycles. The second-order valence-electron chi connectivity index (χ2n) is 3.94. The lowest BCUT2D eigenvalue weighted by Gasteiger charge is -2.28. The fourth-order valence-corrected chi connectivity index (χ4v) is 1.94. The summed E-state index contributed by atoms with van der Waals surface area (Å²) in [5.41, 5.74) is -1.72. The molecule has 1 unspecified atom stereocenters. The first kappa shape index (κ1) is 11.2. The summed E-state index contributed by atoms with van der Waals surface area (Å²) in [7, 11) is 0. The molecule has 0 aromatic heterocycles. The normalized spacial score (nSPS) is 24.8. The Bertz CT molecular complexity index is 442. The van der Waals surface area contributed by atoms with E-state index in [9.17, 15) is 18.3 Å². The van der Waals surface area contributed by atoms with E-state index in [1.807, 2.05) is 0 Å². The van der Waals surface area contributed by atoms with Crippen LogP contribution in [0.3, 0.4) is 0 Å². The molecule has 1 aliphatic rings. The van der Waals surface area contributed by atoms with Crippen LogP contribution in [0, 0.1) is 17.5 Å². The predicted octanol–water partition coefficient (Wildman–Crippen LogP) is 3.03. The van der Waals surface area contributed by atoms with Crippen molar-refractivity contribution < 1.29 is 18.3 Å². The standard InChI is InChI=1S/C12H11F3O/c13-9-5-4-8(10(14)11(9)15)12(16)6-2-1-3-7-12/h2,4-6,16H,1,3,7H2. The average molecular weight is 228 g/mol. The second-order valence-corrected chi connectivity index (χ2v) is 3.94. The van der Waals surface area contributed by atoms with Gasteiger partial charge in [-0.3, -0.25) is 0 Å². The van der Waals surface area contributed by atoms with E-state index in [4.69, 9.17) is 0 Å². The summed E-state index contributed by atoms with van der Waals surface area (Å²) in [5, 5.41) is 10.1. The third kappa shape index (κ3) is 1.73. The fourth-order valence-electron chi connectivity index (χ4n) is 1.94. The van der Waals surface area contributed by atoms with Crippen LogP contribution >= 0.6 is 0 Å². The first-order valence-electron chi connectivity index (χ1n) is 5.09. The summed E-state index contributed by atoms with van der Waals surface area (Å²) >= 11 is 0. The number of benzene rings is 1. The highest BCUT2D eigenvalue weighted by molar-refractivity contribution is 5.31. The van der Waals surface area contributed by atoms with Crippen LogP contribution < -0.4 is 0 Å². The zero-order chi connectivity index (χ0) is 11.8. The minimum atomic E-state index is -1.54. The molecule has 0 heterocycles. The summed E-state index contributed by atoms with van der Waals surface area (Å²) in [6.07, 6.45) is 4.95. The minimum Gasteiger partial charge on any atom is -0.381 e. The monoisotopic (exact) mass is 228 g/mol. The van der Waals surface area contributed by atoms with Gasteiger partial charge in [0.1, 0.15) is 5.60 Å². The highest BCUT2D eigenvalue weighted by Crippen LogP contribution is 2.34. The molecule has 1 atom stereocenters. The third-order valence-corrected chi connectivity index (χ3v) is 2.82. The van der Waals surface area contributed by atoms with E-state index in [1.54, 1.807) is 6.08 Å². The van der Waals surface area contributed by atoms with Crippen LogP contribution in [0.25, 0.3) is 0 Å². The van der Waals surface area contributed by atoms with E-state index in [-0.39, 0.29) is 5.56 Å². The number of hydrogen-bond donors (Lipinski definition) is 1. The Kier molecular flexibility index (Phi) is 2.76. The Labute approximate surface area is 91.2 Å². The molecule has 0 aliphatic heterocycles. The van der Waals surface area contributed by atoms with E-state index in [0.717, 1.165) is 18.6 Å². The van der Waals surface area contributed by atoms with Gasteiger partial charge in [0, 0.05) is 5.56 Å². The summed E-state index contributed by atoms with van der Waals surface area (Å²) in [6, 6.07) is 1.91. The molecule has 1 aromatic carbocycles. The molecular formula is C12H11F3O. The molecule has 0 fully saturated rings. The molecule has 1 aromatic rings. The van der Waals surface area contributed by atoms with Gasteiger partial charge in [-0.15, -0.1) is 0 Å². The number of hydrogen-bond acceptors (Lipinski definition) is 1. The van der Waals surface area contributed by atoms with Crippen molar-refractivity contribution in [3.8, 4) is 0 Å². The van der Waals surface area contributed by atoms with Gasteiger partial charge in [-0.2, -0.15) is 0 Å². The first-order chi connectivity index (χ1) is 7.54. The maximum atomic E-state index is 13.5. The van der Waals surface area contributed by atoms with Crippen molar-refractivity contribution in [2.75, 3.05) is 0 Å². The molecule has 0 bridgehead atoms. The lowest BCUT2D eigenvalue weighted by Crippen LogP contribution is -2.26. The average Bonchev–Trinajstić information content (AvgIpc) is 2.27. The maximum absolute atomic E-state index is 13.5. The zero-order valence-electron chi connectivity index (χ0n) is 8.51. The van der Waals surface area contributed by atoms with E-state index < -0.39 is 23.1 Å². The summed E-state index contributed by atoms with van der Waals surface area (Å²) < 4.78 is 39.3. The van der Waals surface area contributed by atoms with Crippen molar-refractivity contribution in [3.05, 3.63) is 47.3 Å². The lowest BCUT2D eigenvalue weighted by molar-refractivity contribution is 0.0677. The molecule has 0 spiro atoms. The van der Waals surface area contributed by atoms with Crippen LogP contribution in [0.5, 0.6) is 0 Å². The van der Waals surface area contributed by atoms with Gasteiger partial charge < -0.3 is 5.11 Å². The molecule has 16 heavy (non-hydrogen) atoms. The van der Waals surface area contributed by atoms with Gasteiger partial charge in [0.25, 0.3) is 0 Å². The van der Waals surface area contributed by atoms with E-state index in [0.29, 0.717) is 12.8 Å². The topological polar surface area (TPSA) is 20.2 Å². The fraction of sp³-hybridized carbons (Fsp3) is 0.333. The van der Waals surface area contributed by atoms with Crippen molar-refractivity contribution in [3.63, 3.8) is 0 Å². The van der Waals surface area contributed by atoms with Gasteiger partial charge in [-0.1, -0.05) is 12.2 Å². The van der Waals surface area contributed by atoms with Gasteiger partial charge in [0.15, 0.2) is 17.5 Å². The van der Waals surface area contributed by atoms with Gasteiger partial charge in [0.2, 0.25) is 0 Å². The van der Waals surface area contributed by atoms with Crippen LogP contribution in [0.15, 0.2) is 24.3 Å². The largest absolute Gasteiger partial charge is 0.381 e. The lowest BCUT2D eigenvalue weighted by atomic mass is 9.84. The summed E-state index contributed by atoms with van der Waals surface area (Å²) in [6.45, 7) is 0. The Balaban J connectivity index is 2.52. The highest BCUT2D eigenvalue weighted by atomic mass is 19.2. The van der Waals surface area contributed by atoms with Crippen LogP contribution in [0.2, 0.25) is 0 Å². The van der Waals surface area contributed by atoms with Crippen molar-refractivity contribution in [2.45, 2.75) is 24.9 Å². The quantitative estimate of drug-likeness (QED) is 0.578. The van der Waals surface area contributed by atoms with Gasteiger partial charge in [-0.25, -0.2) is 13.2 Å². The molecular weight excluding hydrogens is 217 g/mol. The Morgan fingerprint density at radius 1 is 1.12 bits per heavy atom. The van der Waals surface area contributed by atoms with Crippen LogP contribution in [0.1, 0.15) is 24.8 Å². The van der Waals surface area contributed by atoms with Crippen molar-refractivity contribution >= 4 is 0 Å². The molecule has 1 N–H and O–H groups in total. The van der Waals surface area contributed by atoms with Crippen molar-refractivity contribution in [1.82, 2.24) is 0 Å². The van der Waals surface area contributed by atoms with Gasteiger partial charge in [-0.05, 0) is 31.4 Å². The first-order valence-corrected chi connectivity index (χ1v) is 5.09. The maximum Gasteiger partial charge on any atom is 0.194 e. The number of allylic oxidation sites excluding steroid dienone is 1. The molecule has 0 amide bonds. The molecule has 0 radical (unpaired) electrons. The molecule has 2 rings (SSSR count). The predicted molar refractivity (Wildman–Crippen MR) is 53.2 cm³/mol. The number of rotatable bonds is 1. The molecule has 0 saturated heterocycles. The van der Waals surface area contributed by atoms with Gasteiger partial charge in [0.05, 0.1) is 0 Å². The van der Waals surface area contributed by atoms with Crippen molar-refractivity contribution in [2.24, 2.45) is 0 Å². The van der Waals surface area contributed by atoms with Crippen LogP contribution in [-0.4, -0.2) is 5.11 Å². The molecule has 4 heteroatoms. The SMILES string of the molecule is OC1(c2ccc(F)c(F)c2F)C=CCCC1. The van der Waals surface area contributed by atoms with Crippen LogP contribution in [-0.2, 0) is 5.60 Å². The van der Waals surface area contributed by atoms with Crippen molar-refractivity contribution in [1.29, 1.82) is 0 Å². The highest BCUT2D eigenvalue weighted by Gasteiger charge is 2.32. The smallest absolute Gasteiger partial charge is 0.194 e. The third-order valence-electron chi connectivity index (χ3n) is 2.82. The second kappa shape index (κ2) is 3.94. The van der Waals surface area contributed by atoms with E-state index in [1.165, 1.54) is 6.08 Å². The number of halogens is 3. The van der Waals surface area contributed by atoms with E-state index in [2.05, 4.69) is 0 Å². The molecule has 86 valence electrons. The van der Waals surface area contributed by atoms with Gasteiger partial charge >= 0.3 is 0 Å². The Morgan fingerprint density at radius 2 is 1.88 bits per heavy atom. The van der Waals surface area contributed by atoms with E-state index >= 15 is 0 Å². The Hall–Kier alpha value is -1.29. The summed E-state index contributed by atoms with van der Waals surface area (Å²) in [4.78, 5) is 0.